The van der Waals surface area contributed by atoms with Gasteiger partial charge in [-0.3, -0.25) is 9.59 Å². The normalized spacial score (nSPS) is 20.6. The third-order valence-electron chi connectivity index (χ3n) is 2.46. The minimum absolute atomic E-state index is 0.146. The molecule has 1 unspecified atom stereocenters. The van der Waals surface area contributed by atoms with Crippen LogP contribution in [0, 0.1) is 0 Å². The first kappa shape index (κ1) is 11.0. The smallest absolute Gasteiger partial charge is 0.306 e. The zero-order chi connectivity index (χ0) is 10.6. The first-order valence-corrected chi connectivity index (χ1v) is 5.02. The molecule has 0 bridgehead atoms. The fourth-order valence-corrected chi connectivity index (χ4v) is 1.45. The number of Topliss-reactive ketones (excluding diaryl/α,β-unsaturated/α-hetero) is 1. The van der Waals surface area contributed by atoms with Crippen LogP contribution in [0.3, 0.4) is 0 Å². The monoisotopic (exact) mass is 196 g/mol. The van der Waals surface area contributed by atoms with Crippen molar-refractivity contribution in [3.05, 3.63) is 12.2 Å². The topological polar surface area (TPSA) is 43.4 Å². The molecule has 0 aromatic rings. The van der Waals surface area contributed by atoms with Gasteiger partial charge in [-0.2, -0.15) is 0 Å². The summed E-state index contributed by atoms with van der Waals surface area (Å²) in [5, 5.41) is 0. The molecule has 3 nitrogen and oxygen atoms in total. The molecule has 0 radical (unpaired) electrons. The van der Waals surface area contributed by atoms with Gasteiger partial charge in [0, 0.05) is 19.3 Å². The van der Waals surface area contributed by atoms with Crippen LogP contribution in [0.5, 0.6) is 0 Å². The summed E-state index contributed by atoms with van der Waals surface area (Å²) in [7, 11) is 0. The zero-order valence-electron chi connectivity index (χ0n) is 8.54. The van der Waals surface area contributed by atoms with E-state index in [1.54, 1.807) is 0 Å². The van der Waals surface area contributed by atoms with E-state index in [0.29, 0.717) is 25.7 Å². The summed E-state index contributed by atoms with van der Waals surface area (Å²) in [4.78, 5) is 21.9. The Morgan fingerprint density at radius 3 is 2.79 bits per heavy atom. The van der Waals surface area contributed by atoms with Gasteiger partial charge >= 0.3 is 5.97 Å². The maximum Gasteiger partial charge on any atom is 0.306 e. The molecule has 3 heteroatoms. The quantitative estimate of drug-likeness (QED) is 0.499. The van der Waals surface area contributed by atoms with Crippen molar-refractivity contribution in [3.63, 3.8) is 0 Å². The molecular formula is C11H16O3. The van der Waals surface area contributed by atoms with Gasteiger partial charge < -0.3 is 4.74 Å². The van der Waals surface area contributed by atoms with Gasteiger partial charge in [0.15, 0.2) is 0 Å². The second-order valence-electron chi connectivity index (χ2n) is 3.57. The van der Waals surface area contributed by atoms with E-state index in [0.717, 1.165) is 12.0 Å². The van der Waals surface area contributed by atoms with Gasteiger partial charge in [-0.05, 0) is 18.4 Å². The Bertz CT molecular complexity index is 255. The van der Waals surface area contributed by atoms with E-state index >= 15 is 0 Å². The third-order valence-corrected chi connectivity index (χ3v) is 2.46. The first-order chi connectivity index (χ1) is 6.63. The number of carbonyl (C=O) groups is 2. The molecule has 0 aromatic heterocycles. The highest BCUT2D eigenvalue weighted by Gasteiger charge is 2.25. The Hall–Kier alpha value is -1.12. The summed E-state index contributed by atoms with van der Waals surface area (Å²) in [6.45, 7) is 5.70. The van der Waals surface area contributed by atoms with E-state index in [1.807, 2.05) is 6.92 Å². The Morgan fingerprint density at radius 2 is 2.29 bits per heavy atom. The number of hydrogen-bond donors (Lipinski definition) is 0. The molecule has 1 heterocycles. The van der Waals surface area contributed by atoms with E-state index in [4.69, 9.17) is 4.74 Å². The number of ether oxygens (including phenoxy) is 1. The molecule has 14 heavy (non-hydrogen) atoms. The summed E-state index contributed by atoms with van der Waals surface area (Å²) in [6, 6.07) is 0. The fraction of sp³-hybridized carbons (Fsp3) is 0.636. The van der Waals surface area contributed by atoms with Gasteiger partial charge in [0.25, 0.3) is 0 Å². The van der Waals surface area contributed by atoms with Gasteiger partial charge in [0.2, 0.25) is 0 Å². The lowest BCUT2D eigenvalue weighted by Crippen LogP contribution is -2.10. The second kappa shape index (κ2) is 4.94. The highest BCUT2D eigenvalue weighted by atomic mass is 16.5. The van der Waals surface area contributed by atoms with Crippen LogP contribution < -0.4 is 0 Å². The molecule has 0 aliphatic carbocycles. The van der Waals surface area contributed by atoms with Crippen molar-refractivity contribution in [2.75, 3.05) is 0 Å². The molecule has 1 saturated heterocycles. The predicted molar refractivity (Wildman–Crippen MR) is 52.8 cm³/mol. The Morgan fingerprint density at radius 1 is 1.57 bits per heavy atom. The van der Waals surface area contributed by atoms with Crippen LogP contribution in [-0.4, -0.2) is 17.9 Å². The van der Waals surface area contributed by atoms with Crippen LogP contribution in [0.2, 0.25) is 0 Å². The maximum atomic E-state index is 11.0. The van der Waals surface area contributed by atoms with E-state index < -0.39 is 0 Å². The van der Waals surface area contributed by atoms with Crippen LogP contribution in [0.4, 0.5) is 0 Å². The molecule has 78 valence electrons. The molecule has 0 spiro atoms. The van der Waals surface area contributed by atoms with Crippen molar-refractivity contribution in [3.8, 4) is 0 Å². The van der Waals surface area contributed by atoms with Crippen molar-refractivity contribution in [2.24, 2.45) is 0 Å². The highest BCUT2D eigenvalue weighted by Crippen LogP contribution is 2.22. The summed E-state index contributed by atoms with van der Waals surface area (Å²) >= 11 is 0. The molecule has 1 aliphatic heterocycles. The molecule has 0 amide bonds. The average molecular weight is 196 g/mol. The fourth-order valence-electron chi connectivity index (χ4n) is 1.45. The standard InChI is InChI=1S/C11H16O3/c1-3-9(12)5-4-8(2)10-6-7-11(13)14-10/h10H,2-7H2,1H3. The van der Waals surface area contributed by atoms with E-state index in [9.17, 15) is 9.59 Å². The SMILES string of the molecule is C=C(CCC(=O)CC)C1CCC(=O)O1. The van der Waals surface area contributed by atoms with Crippen molar-refractivity contribution in [2.45, 2.75) is 45.1 Å². The average Bonchev–Trinajstić information content (AvgIpc) is 2.60. The summed E-state index contributed by atoms with van der Waals surface area (Å²) in [5.41, 5.74) is 0.873. The molecule has 0 saturated carbocycles. The Labute approximate surface area is 84.1 Å². The minimum atomic E-state index is -0.155. The lowest BCUT2D eigenvalue weighted by Gasteiger charge is -2.11. The third kappa shape index (κ3) is 2.98. The largest absolute Gasteiger partial charge is 0.458 e. The molecule has 1 atom stereocenters. The number of esters is 1. The van der Waals surface area contributed by atoms with Gasteiger partial charge in [0.05, 0.1) is 0 Å². The van der Waals surface area contributed by atoms with Gasteiger partial charge in [-0.15, -0.1) is 0 Å². The minimum Gasteiger partial charge on any atom is -0.458 e. The van der Waals surface area contributed by atoms with Crippen LogP contribution >= 0.6 is 0 Å². The van der Waals surface area contributed by atoms with Crippen LogP contribution in [-0.2, 0) is 14.3 Å². The van der Waals surface area contributed by atoms with Crippen LogP contribution in [0.15, 0.2) is 12.2 Å². The van der Waals surface area contributed by atoms with Crippen molar-refractivity contribution in [1.82, 2.24) is 0 Å². The second-order valence-corrected chi connectivity index (χ2v) is 3.57. The van der Waals surface area contributed by atoms with Gasteiger partial charge in [0.1, 0.15) is 11.9 Å². The molecule has 0 N–H and O–H groups in total. The van der Waals surface area contributed by atoms with E-state index in [1.165, 1.54) is 0 Å². The number of hydrogen-bond acceptors (Lipinski definition) is 3. The molecule has 0 aromatic carbocycles. The first-order valence-electron chi connectivity index (χ1n) is 5.02. The maximum absolute atomic E-state index is 11.0. The lowest BCUT2D eigenvalue weighted by molar-refractivity contribution is -0.140. The highest BCUT2D eigenvalue weighted by molar-refractivity contribution is 5.78. The van der Waals surface area contributed by atoms with Crippen molar-refractivity contribution >= 4 is 11.8 Å². The molecular weight excluding hydrogens is 180 g/mol. The number of ketones is 1. The molecule has 1 aliphatic rings. The zero-order valence-corrected chi connectivity index (χ0v) is 8.54. The van der Waals surface area contributed by atoms with Crippen molar-refractivity contribution in [1.29, 1.82) is 0 Å². The summed E-state index contributed by atoms with van der Waals surface area (Å²) < 4.78 is 5.04. The molecule has 1 rings (SSSR count). The lowest BCUT2D eigenvalue weighted by atomic mass is 10.0. The van der Waals surface area contributed by atoms with E-state index in [2.05, 4.69) is 6.58 Å². The summed E-state index contributed by atoms with van der Waals surface area (Å²) in [5.74, 6) is 0.0773. The summed E-state index contributed by atoms with van der Waals surface area (Å²) in [6.07, 6.45) is 2.78. The molecule has 1 fully saturated rings. The number of cyclic esters (lactones) is 1. The predicted octanol–water partition coefficient (Wildman–Crippen LogP) is 2.01. The number of rotatable bonds is 5. The van der Waals surface area contributed by atoms with Crippen LogP contribution in [0.1, 0.15) is 39.0 Å². The van der Waals surface area contributed by atoms with Gasteiger partial charge in [-0.25, -0.2) is 0 Å². The Kier molecular flexibility index (Phi) is 3.86. The van der Waals surface area contributed by atoms with Crippen molar-refractivity contribution < 1.29 is 14.3 Å². The van der Waals surface area contributed by atoms with Gasteiger partial charge in [-0.1, -0.05) is 13.5 Å². The van der Waals surface area contributed by atoms with Crippen LogP contribution in [0.25, 0.3) is 0 Å². The number of carbonyl (C=O) groups excluding carboxylic acids is 2. The van der Waals surface area contributed by atoms with E-state index in [-0.39, 0.29) is 17.9 Å². The Balaban J connectivity index is 2.28.